The number of ketones is 1. The predicted octanol–water partition coefficient (Wildman–Crippen LogP) is 5.45. The normalized spacial score (nSPS) is 10.6. The number of carbonyl (C=O) groups is 3. The van der Waals surface area contributed by atoms with Gasteiger partial charge in [0.05, 0.1) is 6.61 Å². The van der Waals surface area contributed by atoms with Crippen molar-refractivity contribution in [2.24, 2.45) is 5.92 Å². The molecule has 0 saturated carbocycles. The lowest BCUT2D eigenvalue weighted by Gasteiger charge is -2.09. The summed E-state index contributed by atoms with van der Waals surface area (Å²) < 4.78 is 5.65. The zero-order valence-electron chi connectivity index (χ0n) is 18.6. The SMILES string of the molecule is CCCCCOc1ccc(C(=O)CCC(=O)Nc2ccc(NC(=O)C(C)C)cc2)cc1. The van der Waals surface area contributed by atoms with E-state index in [0.717, 1.165) is 25.0 Å². The van der Waals surface area contributed by atoms with Crippen molar-refractivity contribution in [3.05, 3.63) is 54.1 Å². The van der Waals surface area contributed by atoms with Gasteiger partial charge in [-0.15, -0.1) is 0 Å². The van der Waals surface area contributed by atoms with Gasteiger partial charge < -0.3 is 15.4 Å². The highest BCUT2D eigenvalue weighted by Crippen LogP contribution is 2.17. The number of Topliss-reactive ketones (excluding diaryl/α,β-unsaturated/α-hetero) is 1. The number of unbranched alkanes of at least 4 members (excludes halogenated alkanes) is 2. The molecule has 2 amide bonds. The van der Waals surface area contributed by atoms with Crippen LogP contribution in [0.5, 0.6) is 5.75 Å². The summed E-state index contributed by atoms with van der Waals surface area (Å²) in [5, 5.41) is 5.57. The van der Waals surface area contributed by atoms with E-state index in [0.29, 0.717) is 23.5 Å². The van der Waals surface area contributed by atoms with E-state index in [1.165, 1.54) is 0 Å². The number of amides is 2. The second-order valence-corrected chi connectivity index (χ2v) is 7.77. The number of carbonyl (C=O) groups excluding carboxylic acids is 3. The lowest BCUT2D eigenvalue weighted by molar-refractivity contribution is -0.119. The maximum Gasteiger partial charge on any atom is 0.226 e. The Morgan fingerprint density at radius 3 is 2.03 bits per heavy atom. The first-order chi connectivity index (χ1) is 14.9. The Morgan fingerprint density at radius 2 is 1.45 bits per heavy atom. The van der Waals surface area contributed by atoms with Gasteiger partial charge in [0, 0.05) is 35.7 Å². The predicted molar refractivity (Wildman–Crippen MR) is 124 cm³/mol. The fraction of sp³-hybridized carbons (Fsp3) is 0.400. The van der Waals surface area contributed by atoms with Crippen molar-refractivity contribution in [3.63, 3.8) is 0 Å². The maximum absolute atomic E-state index is 12.4. The second kappa shape index (κ2) is 12.5. The fourth-order valence-corrected chi connectivity index (χ4v) is 2.80. The van der Waals surface area contributed by atoms with Gasteiger partial charge in [-0.3, -0.25) is 14.4 Å². The van der Waals surface area contributed by atoms with Crippen LogP contribution in [-0.4, -0.2) is 24.2 Å². The molecule has 0 spiro atoms. The van der Waals surface area contributed by atoms with E-state index in [2.05, 4.69) is 17.6 Å². The lowest BCUT2D eigenvalue weighted by Crippen LogP contribution is -2.17. The van der Waals surface area contributed by atoms with Gasteiger partial charge in [-0.1, -0.05) is 33.6 Å². The third-order valence-corrected chi connectivity index (χ3v) is 4.73. The molecule has 0 atom stereocenters. The van der Waals surface area contributed by atoms with Crippen LogP contribution < -0.4 is 15.4 Å². The van der Waals surface area contributed by atoms with Gasteiger partial charge in [0.2, 0.25) is 11.8 Å². The molecule has 6 heteroatoms. The highest BCUT2D eigenvalue weighted by atomic mass is 16.5. The topological polar surface area (TPSA) is 84.5 Å². The molecule has 166 valence electrons. The molecule has 31 heavy (non-hydrogen) atoms. The first-order valence-corrected chi connectivity index (χ1v) is 10.9. The largest absolute Gasteiger partial charge is 0.494 e. The van der Waals surface area contributed by atoms with Crippen LogP contribution in [0.25, 0.3) is 0 Å². The highest BCUT2D eigenvalue weighted by Gasteiger charge is 2.11. The Morgan fingerprint density at radius 1 is 0.839 bits per heavy atom. The summed E-state index contributed by atoms with van der Waals surface area (Å²) in [6, 6.07) is 13.9. The Balaban J connectivity index is 1.76. The van der Waals surface area contributed by atoms with Gasteiger partial charge >= 0.3 is 0 Å². The molecule has 0 aliphatic rings. The first-order valence-electron chi connectivity index (χ1n) is 10.9. The van der Waals surface area contributed by atoms with Gasteiger partial charge in [-0.2, -0.15) is 0 Å². The first kappa shape index (κ1) is 24.1. The smallest absolute Gasteiger partial charge is 0.226 e. The van der Waals surface area contributed by atoms with E-state index in [9.17, 15) is 14.4 Å². The van der Waals surface area contributed by atoms with Crippen LogP contribution in [0.4, 0.5) is 11.4 Å². The summed E-state index contributed by atoms with van der Waals surface area (Å²) in [7, 11) is 0. The number of nitrogens with one attached hydrogen (secondary N) is 2. The zero-order chi connectivity index (χ0) is 22.6. The molecular weight excluding hydrogens is 392 g/mol. The molecular formula is C25H32N2O4. The lowest BCUT2D eigenvalue weighted by atomic mass is 10.1. The summed E-state index contributed by atoms with van der Waals surface area (Å²) in [6.07, 6.45) is 3.52. The molecule has 0 aliphatic carbocycles. The monoisotopic (exact) mass is 424 g/mol. The standard InChI is InChI=1S/C25H32N2O4/c1-4-5-6-17-31-22-13-7-19(8-14-22)23(28)15-16-24(29)26-20-9-11-21(12-10-20)27-25(30)18(2)3/h7-14,18H,4-6,15-17H2,1-3H3,(H,26,29)(H,27,30). The minimum Gasteiger partial charge on any atom is -0.494 e. The van der Waals surface area contributed by atoms with Gasteiger partial charge in [0.15, 0.2) is 5.78 Å². The molecule has 2 aromatic rings. The summed E-state index contributed by atoms with van der Waals surface area (Å²) >= 11 is 0. The third kappa shape index (κ3) is 8.62. The molecule has 0 fully saturated rings. The number of ether oxygens (including phenoxy) is 1. The van der Waals surface area contributed by atoms with Crippen LogP contribution in [-0.2, 0) is 9.59 Å². The molecule has 6 nitrogen and oxygen atoms in total. The van der Waals surface area contributed by atoms with Gasteiger partial charge in [0.1, 0.15) is 5.75 Å². The third-order valence-electron chi connectivity index (χ3n) is 4.73. The fourth-order valence-electron chi connectivity index (χ4n) is 2.80. The van der Waals surface area contributed by atoms with Crippen molar-refractivity contribution in [1.82, 2.24) is 0 Å². The van der Waals surface area contributed by atoms with Crippen molar-refractivity contribution < 1.29 is 19.1 Å². The molecule has 2 N–H and O–H groups in total. The van der Waals surface area contributed by atoms with Crippen LogP contribution in [0.1, 0.15) is 63.2 Å². The van der Waals surface area contributed by atoms with Crippen LogP contribution in [0.15, 0.2) is 48.5 Å². The maximum atomic E-state index is 12.4. The molecule has 2 rings (SSSR count). The quantitative estimate of drug-likeness (QED) is 0.350. The number of hydrogen-bond acceptors (Lipinski definition) is 4. The van der Waals surface area contributed by atoms with E-state index >= 15 is 0 Å². The number of benzene rings is 2. The van der Waals surface area contributed by atoms with Crippen molar-refractivity contribution >= 4 is 29.0 Å². The molecule has 0 aliphatic heterocycles. The summed E-state index contributed by atoms with van der Waals surface area (Å²) in [4.78, 5) is 36.2. The van der Waals surface area contributed by atoms with Crippen molar-refractivity contribution in [2.45, 2.75) is 52.9 Å². The van der Waals surface area contributed by atoms with Crippen LogP contribution in [0, 0.1) is 5.92 Å². The second-order valence-electron chi connectivity index (χ2n) is 7.77. The van der Waals surface area contributed by atoms with Crippen molar-refractivity contribution in [2.75, 3.05) is 17.2 Å². The molecule has 0 heterocycles. The van der Waals surface area contributed by atoms with Gasteiger partial charge in [-0.05, 0) is 55.0 Å². The van der Waals surface area contributed by atoms with Crippen LogP contribution in [0.2, 0.25) is 0 Å². The van der Waals surface area contributed by atoms with Crippen LogP contribution in [0.3, 0.4) is 0 Å². The average Bonchev–Trinajstić information content (AvgIpc) is 2.76. The van der Waals surface area contributed by atoms with E-state index < -0.39 is 0 Å². The Labute approximate surface area is 184 Å². The van der Waals surface area contributed by atoms with E-state index in [4.69, 9.17) is 4.74 Å². The molecule has 0 unspecified atom stereocenters. The molecule has 0 bridgehead atoms. The molecule has 0 aromatic heterocycles. The van der Waals surface area contributed by atoms with E-state index in [1.54, 1.807) is 48.5 Å². The molecule has 0 radical (unpaired) electrons. The minimum absolute atomic E-state index is 0.0635. The Kier molecular flexibility index (Phi) is 9.75. The number of hydrogen-bond donors (Lipinski definition) is 2. The Hall–Kier alpha value is -3.15. The van der Waals surface area contributed by atoms with Crippen LogP contribution >= 0.6 is 0 Å². The van der Waals surface area contributed by atoms with Gasteiger partial charge in [0.25, 0.3) is 0 Å². The average molecular weight is 425 g/mol. The highest BCUT2D eigenvalue weighted by molar-refractivity contribution is 6.00. The van der Waals surface area contributed by atoms with Crippen molar-refractivity contribution in [1.29, 1.82) is 0 Å². The summed E-state index contributed by atoms with van der Waals surface area (Å²) in [5.41, 5.74) is 1.85. The zero-order valence-corrected chi connectivity index (χ0v) is 18.6. The summed E-state index contributed by atoms with van der Waals surface area (Å²) in [5.74, 6) is 0.263. The number of rotatable bonds is 12. The minimum atomic E-state index is -0.233. The van der Waals surface area contributed by atoms with Gasteiger partial charge in [-0.25, -0.2) is 0 Å². The number of anilines is 2. The van der Waals surface area contributed by atoms with E-state index in [-0.39, 0.29) is 36.4 Å². The van der Waals surface area contributed by atoms with E-state index in [1.807, 2.05) is 13.8 Å². The molecule has 2 aromatic carbocycles. The molecule has 0 saturated heterocycles. The van der Waals surface area contributed by atoms with Crippen molar-refractivity contribution in [3.8, 4) is 5.75 Å². The summed E-state index contributed by atoms with van der Waals surface area (Å²) in [6.45, 7) is 6.46. The Bertz CT molecular complexity index is 858.